The second kappa shape index (κ2) is 6.61. The van der Waals surface area contributed by atoms with E-state index in [0.29, 0.717) is 12.1 Å². The zero-order chi connectivity index (χ0) is 22.6. The van der Waals surface area contributed by atoms with Gasteiger partial charge in [-0.05, 0) is 96.7 Å². The smallest absolute Gasteiger partial charge is 0.399 e. The molecule has 2 unspecified atom stereocenters. The highest BCUT2D eigenvalue weighted by Crippen LogP contribution is 2.48. The number of piperidine rings is 1. The Bertz CT molecular complexity index is 952. The van der Waals surface area contributed by atoms with Crippen molar-refractivity contribution in [2.75, 3.05) is 11.4 Å². The van der Waals surface area contributed by atoms with Gasteiger partial charge in [-0.3, -0.25) is 9.69 Å². The average molecular weight is 436 g/mol. The van der Waals surface area contributed by atoms with E-state index in [0.717, 1.165) is 41.5 Å². The highest BCUT2D eigenvalue weighted by Gasteiger charge is 2.54. The summed E-state index contributed by atoms with van der Waals surface area (Å²) in [7, 11) is -0.403. The van der Waals surface area contributed by atoms with Gasteiger partial charge in [0.05, 0.1) is 16.6 Å². The third-order valence-corrected chi connectivity index (χ3v) is 9.61. The lowest BCUT2D eigenvalue weighted by Crippen LogP contribution is -2.57. The van der Waals surface area contributed by atoms with Gasteiger partial charge in [-0.25, -0.2) is 0 Å². The SMILES string of the molecule is CC1(C)C(=O)N(C2CC(N3CC4CCC3C4)C2)c2cc(B3OC(C)(C)C(C)(C)O3)ccc21. The van der Waals surface area contributed by atoms with E-state index >= 15 is 0 Å². The molecule has 5 aliphatic rings. The van der Waals surface area contributed by atoms with Crippen LogP contribution < -0.4 is 10.4 Å². The molecule has 3 aliphatic heterocycles. The van der Waals surface area contributed by atoms with E-state index in [1.807, 2.05) is 0 Å². The Morgan fingerprint density at radius 1 is 0.906 bits per heavy atom. The fourth-order valence-corrected chi connectivity index (χ4v) is 6.74. The van der Waals surface area contributed by atoms with Crippen LogP contribution in [0.1, 0.15) is 79.2 Å². The minimum absolute atomic E-state index is 0.241. The van der Waals surface area contributed by atoms with E-state index in [2.05, 4.69) is 69.5 Å². The predicted octanol–water partition coefficient (Wildman–Crippen LogP) is 3.63. The molecule has 4 fully saturated rings. The van der Waals surface area contributed by atoms with Crippen LogP contribution in [0.4, 0.5) is 5.69 Å². The number of nitrogens with zero attached hydrogens (tertiary/aromatic N) is 2. The number of hydrogen-bond acceptors (Lipinski definition) is 4. The third-order valence-electron chi connectivity index (χ3n) is 9.61. The third kappa shape index (κ3) is 2.85. The molecule has 1 amide bonds. The summed E-state index contributed by atoms with van der Waals surface area (Å²) in [6.07, 6.45) is 6.40. The molecule has 0 spiro atoms. The van der Waals surface area contributed by atoms with Crippen molar-refractivity contribution in [1.82, 2.24) is 4.90 Å². The van der Waals surface area contributed by atoms with Crippen LogP contribution in [-0.2, 0) is 19.5 Å². The Labute approximate surface area is 193 Å². The quantitative estimate of drug-likeness (QED) is 0.679. The first-order valence-electron chi connectivity index (χ1n) is 12.6. The lowest BCUT2D eigenvalue weighted by Gasteiger charge is -2.48. The highest BCUT2D eigenvalue weighted by atomic mass is 16.7. The first-order valence-corrected chi connectivity index (χ1v) is 12.6. The summed E-state index contributed by atoms with van der Waals surface area (Å²) in [6.45, 7) is 13.7. The van der Waals surface area contributed by atoms with Crippen LogP contribution in [0.25, 0.3) is 0 Å². The van der Waals surface area contributed by atoms with E-state index in [1.54, 1.807) is 0 Å². The van der Waals surface area contributed by atoms with Crippen LogP contribution in [0.3, 0.4) is 0 Å². The zero-order valence-electron chi connectivity index (χ0n) is 20.5. The van der Waals surface area contributed by atoms with Crippen LogP contribution in [0.2, 0.25) is 0 Å². The summed E-state index contributed by atoms with van der Waals surface area (Å²) in [5.74, 6) is 1.17. The fourth-order valence-electron chi connectivity index (χ4n) is 6.74. The fraction of sp³-hybridized carbons (Fsp3) is 0.731. The molecule has 2 atom stereocenters. The average Bonchev–Trinajstić information content (AvgIpc) is 3.39. The van der Waals surface area contributed by atoms with E-state index < -0.39 is 12.5 Å². The monoisotopic (exact) mass is 436 g/mol. The largest absolute Gasteiger partial charge is 0.494 e. The number of anilines is 1. The summed E-state index contributed by atoms with van der Waals surface area (Å²) >= 11 is 0. The number of fused-ring (bicyclic) bond motifs is 3. The topological polar surface area (TPSA) is 42.0 Å². The van der Waals surface area contributed by atoms with Gasteiger partial charge in [0.2, 0.25) is 5.91 Å². The van der Waals surface area contributed by atoms with Crippen molar-refractivity contribution in [1.29, 1.82) is 0 Å². The molecule has 2 saturated carbocycles. The number of rotatable bonds is 3. The molecule has 6 heteroatoms. The van der Waals surface area contributed by atoms with E-state index in [-0.39, 0.29) is 17.1 Å². The molecule has 0 radical (unpaired) electrons. The first kappa shape index (κ1) is 21.2. The molecule has 172 valence electrons. The van der Waals surface area contributed by atoms with Crippen LogP contribution in [-0.4, -0.2) is 53.8 Å². The van der Waals surface area contributed by atoms with Crippen molar-refractivity contribution in [2.24, 2.45) is 5.92 Å². The van der Waals surface area contributed by atoms with Gasteiger partial charge in [-0.1, -0.05) is 12.1 Å². The number of carbonyl (C=O) groups excluding carboxylic acids is 1. The first-order chi connectivity index (χ1) is 15.0. The molecule has 0 aromatic heterocycles. The van der Waals surface area contributed by atoms with Crippen LogP contribution in [0.15, 0.2) is 18.2 Å². The van der Waals surface area contributed by atoms with Gasteiger partial charge in [-0.15, -0.1) is 0 Å². The van der Waals surface area contributed by atoms with Crippen molar-refractivity contribution in [3.63, 3.8) is 0 Å². The Morgan fingerprint density at radius 3 is 2.19 bits per heavy atom. The van der Waals surface area contributed by atoms with Crippen molar-refractivity contribution in [3.8, 4) is 0 Å². The molecule has 2 bridgehead atoms. The Morgan fingerprint density at radius 2 is 1.59 bits per heavy atom. The minimum atomic E-state index is -0.485. The molecule has 0 N–H and O–H groups in total. The number of carbonyl (C=O) groups is 1. The second-order valence-electron chi connectivity index (χ2n) is 12.5. The molecule has 3 heterocycles. The highest BCUT2D eigenvalue weighted by molar-refractivity contribution is 6.62. The molecular formula is C26H37BN2O3. The number of amides is 1. The number of hydrogen-bond donors (Lipinski definition) is 0. The van der Waals surface area contributed by atoms with Gasteiger partial charge in [0.25, 0.3) is 0 Å². The van der Waals surface area contributed by atoms with Crippen LogP contribution >= 0.6 is 0 Å². The second-order valence-corrected chi connectivity index (χ2v) is 12.5. The van der Waals surface area contributed by atoms with Gasteiger partial charge in [-0.2, -0.15) is 0 Å². The van der Waals surface area contributed by atoms with Crippen molar-refractivity contribution < 1.29 is 14.1 Å². The van der Waals surface area contributed by atoms with Gasteiger partial charge < -0.3 is 14.2 Å². The van der Waals surface area contributed by atoms with E-state index in [1.165, 1.54) is 25.8 Å². The number of likely N-dealkylation sites (tertiary alicyclic amines) is 1. The van der Waals surface area contributed by atoms with Gasteiger partial charge >= 0.3 is 7.12 Å². The minimum Gasteiger partial charge on any atom is -0.399 e. The molecule has 1 aromatic rings. The summed E-state index contributed by atoms with van der Waals surface area (Å²) < 4.78 is 12.6. The predicted molar refractivity (Wildman–Crippen MR) is 127 cm³/mol. The van der Waals surface area contributed by atoms with E-state index in [4.69, 9.17) is 9.31 Å². The molecule has 5 nitrogen and oxygen atoms in total. The molecule has 32 heavy (non-hydrogen) atoms. The van der Waals surface area contributed by atoms with Gasteiger partial charge in [0, 0.05) is 30.4 Å². The molecule has 6 rings (SSSR count). The zero-order valence-corrected chi connectivity index (χ0v) is 20.5. The summed E-state index contributed by atoms with van der Waals surface area (Å²) in [5, 5.41) is 0. The molecular weight excluding hydrogens is 399 g/mol. The Kier molecular flexibility index (Phi) is 4.38. The molecule has 2 aliphatic carbocycles. The lowest BCUT2D eigenvalue weighted by atomic mass is 9.76. The van der Waals surface area contributed by atoms with Gasteiger partial charge in [0.15, 0.2) is 0 Å². The number of benzene rings is 1. The van der Waals surface area contributed by atoms with Crippen molar-refractivity contribution >= 4 is 24.2 Å². The van der Waals surface area contributed by atoms with Crippen molar-refractivity contribution in [2.45, 2.75) is 108 Å². The molecule has 2 saturated heterocycles. The van der Waals surface area contributed by atoms with Crippen LogP contribution in [0.5, 0.6) is 0 Å². The maximum Gasteiger partial charge on any atom is 0.494 e. The maximum atomic E-state index is 13.6. The lowest BCUT2D eigenvalue weighted by molar-refractivity contribution is -0.123. The molecule has 1 aromatic carbocycles. The summed E-state index contributed by atoms with van der Waals surface area (Å²) in [5.41, 5.74) is 1.97. The maximum absolute atomic E-state index is 13.6. The van der Waals surface area contributed by atoms with Gasteiger partial charge in [0.1, 0.15) is 0 Å². The normalized spacial score (nSPS) is 36.6. The van der Waals surface area contributed by atoms with E-state index in [9.17, 15) is 4.79 Å². The summed E-state index contributed by atoms with van der Waals surface area (Å²) in [4.78, 5) is 18.4. The standard InChI is InChI=1S/C26H37BN2O3/c1-24(2)21-10-8-17(27-31-25(3,4)26(5,6)32-27)12-22(21)29(23(24)30)20-13-19(14-20)28-15-16-7-9-18(28)11-16/h8,10,12,16,18-20H,7,9,11,13-15H2,1-6H3. The van der Waals surface area contributed by atoms with Crippen molar-refractivity contribution in [3.05, 3.63) is 23.8 Å². The Balaban J connectivity index is 1.26. The van der Waals surface area contributed by atoms with Crippen LogP contribution in [0, 0.1) is 5.92 Å². The Hall–Kier alpha value is -1.37. The summed E-state index contributed by atoms with van der Waals surface area (Å²) in [6, 6.07) is 8.14.